The van der Waals surface area contributed by atoms with Gasteiger partial charge in [-0.25, -0.2) is 4.98 Å². The number of carbonyl (C=O) groups excluding carboxylic acids is 1. The second-order valence-corrected chi connectivity index (χ2v) is 8.92. The molecule has 3 heterocycles. The number of anilines is 1. The molecule has 0 radical (unpaired) electrons. The first-order valence-electron chi connectivity index (χ1n) is 10.7. The normalized spacial score (nSPS) is 14.8. The van der Waals surface area contributed by atoms with Crippen LogP contribution in [0.4, 0.5) is 5.69 Å². The smallest absolute Gasteiger partial charge is 0.297 e. The molecule has 0 unspecified atom stereocenters. The van der Waals surface area contributed by atoms with Crippen molar-refractivity contribution in [2.24, 2.45) is 0 Å². The van der Waals surface area contributed by atoms with Crippen molar-refractivity contribution >= 4 is 34.7 Å². The van der Waals surface area contributed by atoms with E-state index in [1.54, 1.807) is 18.2 Å². The monoisotopic (exact) mass is 485 g/mol. The first-order chi connectivity index (χ1) is 15.9. The van der Waals surface area contributed by atoms with Gasteiger partial charge in [-0.1, -0.05) is 41.4 Å². The molecule has 7 nitrogen and oxygen atoms in total. The van der Waals surface area contributed by atoms with E-state index in [2.05, 4.69) is 9.88 Å². The van der Waals surface area contributed by atoms with Crippen molar-refractivity contribution in [1.82, 2.24) is 9.55 Å². The fraction of sp³-hybridized carbons (Fsp3) is 0.292. The highest BCUT2D eigenvalue weighted by Crippen LogP contribution is 2.38. The largest absolute Gasteiger partial charge is 0.501 e. The molecule has 5 rings (SSSR count). The van der Waals surface area contributed by atoms with Crippen LogP contribution in [0.5, 0.6) is 5.75 Å². The van der Waals surface area contributed by atoms with Crippen molar-refractivity contribution in [2.45, 2.75) is 19.4 Å². The van der Waals surface area contributed by atoms with Crippen LogP contribution in [0, 0.1) is 0 Å². The lowest BCUT2D eigenvalue weighted by atomic mass is 10.0. The highest BCUT2D eigenvalue weighted by Gasteiger charge is 2.30. The highest BCUT2D eigenvalue weighted by atomic mass is 35.5. The SMILES string of the molecule is O=C(CCc1ccc(Cl)c(Cl)c1)c1nc2n(c(=O)c1O)Cc1cccc(N3CCOCC3)c1-2. The summed E-state index contributed by atoms with van der Waals surface area (Å²) in [6.07, 6.45) is 0.449. The molecular formula is C24H21Cl2N3O4. The van der Waals surface area contributed by atoms with Crippen LogP contribution in [0.25, 0.3) is 11.4 Å². The Labute approximate surface area is 200 Å². The standard InChI is InChI=1S/C24H21Cl2N3O4/c25-16-6-4-14(12-17(16)26)5-7-19(30)21-22(31)24(32)29-13-15-2-1-3-18(20(15)23(29)27-21)28-8-10-33-11-9-28/h1-4,6,12,31H,5,7-11,13H2. The van der Waals surface area contributed by atoms with Gasteiger partial charge in [-0.3, -0.25) is 14.2 Å². The fourth-order valence-corrected chi connectivity index (χ4v) is 4.68. The predicted molar refractivity (Wildman–Crippen MR) is 127 cm³/mol. The van der Waals surface area contributed by atoms with Gasteiger partial charge in [0.1, 0.15) is 5.82 Å². The van der Waals surface area contributed by atoms with Crippen molar-refractivity contribution in [1.29, 1.82) is 0 Å². The van der Waals surface area contributed by atoms with E-state index < -0.39 is 17.1 Å². The zero-order chi connectivity index (χ0) is 23.1. The molecular weight excluding hydrogens is 465 g/mol. The summed E-state index contributed by atoms with van der Waals surface area (Å²) in [6.45, 7) is 3.01. The predicted octanol–water partition coefficient (Wildman–Crippen LogP) is 3.94. The summed E-state index contributed by atoms with van der Waals surface area (Å²) >= 11 is 12.0. The van der Waals surface area contributed by atoms with Gasteiger partial charge in [0.05, 0.1) is 29.8 Å². The molecule has 1 saturated heterocycles. The van der Waals surface area contributed by atoms with E-state index in [1.807, 2.05) is 18.2 Å². The number of ether oxygens (including phenoxy) is 1. The summed E-state index contributed by atoms with van der Waals surface area (Å²) in [5.41, 5.74) is 2.74. The third-order valence-corrected chi connectivity index (χ3v) is 6.81. The lowest BCUT2D eigenvalue weighted by Gasteiger charge is -2.30. The Bertz CT molecular complexity index is 1320. The summed E-state index contributed by atoms with van der Waals surface area (Å²) in [5, 5.41) is 11.4. The van der Waals surface area contributed by atoms with Gasteiger partial charge in [0.2, 0.25) is 5.75 Å². The Morgan fingerprint density at radius 2 is 1.91 bits per heavy atom. The molecule has 0 saturated carbocycles. The Balaban J connectivity index is 1.49. The van der Waals surface area contributed by atoms with E-state index >= 15 is 0 Å². The summed E-state index contributed by atoms with van der Waals surface area (Å²) in [5.74, 6) is -0.609. The molecule has 1 fully saturated rings. The van der Waals surface area contributed by atoms with E-state index in [4.69, 9.17) is 27.9 Å². The van der Waals surface area contributed by atoms with Gasteiger partial charge in [-0.2, -0.15) is 0 Å². The Hall–Kier alpha value is -2.87. The number of aromatic hydroxyl groups is 1. The molecule has 1 N–H and O–H groups in total. The maximum absolute atomic E-state index is 13.0. The topological polar surface area (TPSA) is 84.7 Å². The minimum atomic E-state index is -0.612. The van der Waals surface area contributed by atoms with E-state index in [0.29, 0.717) is 42.0 Å². The van der Waals surface area contributed by atoms with Crippen molar-refractivity contribution in [2.75, 3.05) is 31.2 Å². The average molecular weight is 486 g/mol. The number of rotatable bonds is 5. The molecule has 0 spiro atoms. The van der Waals surface area contributed by atoms with Crippen LogP contribution < -0.4 is 10.5 Å². The molecule has 9 heteroatoms. The van der Waals surface area contributed by atoms with Gasteiger partial charge < -0.3 is 14.7 Å². The number of aromatic nitrogens is 2. The Morgan fingerprint density at radius 1 is 1.12 bits per heavy atom. The van der Waals surface area contributed by atoms with Crippen molar-refractivity contribution in [3.63, 3.8) is 0 Å². The van der Waals surface area contributed by atoms with Gasteiger partial charge in [0, 0.05) is 30.8 Å². The number of benzene rings is 2. The zero-order valence-electron chi connectivity index (χ0n) is 17.7. The third-order valence-electron chi connectivity index (χ3n) is 6.07. The minimum absolute atomic E-state index is 0.0688. The van der Waals surface area contributed by atoms with Crippen molar-refractivity contribution < 1.29 is 14.6 Å². The molecule has 33 heavy (non-hydrogen) atoms. The molecule has 0 atom stereocenters. The molecule has 1 aromatic heterocycles. The second kappa shape index (κ2) is 8.82. The lowest BCUT2D eigenvalue weighted by Crippen LogP contribution is -2.36. The molecule has 170 valence electrons. The van der Waals surface area contributed by atoms with Gasteiger partial charge in [-0.15, -0.1) is 0 Å². The number of morpholine rings is 1. The number of ketones is 1. The number of Topliss-reactive ketones (excluding diaryl/α,β-unsaturated/α-hetero) is 1. The van der Waals surface area contributed by atoms with Crippen LogP contribution in [0.2, 0.25) is 10.0 Å². The number of hydrogen-bond acceptors (Lipinski definition) is 6. The number of hydrogen-bond donors (Lipinski definition) is 1. The van der Waals surface area contributed by atoms with E-state index in [0.717, 1.165) is 35.5 Å². The fourth-order valence-electron chi connectivity index (χ4n) is 4.36. The average Bonchev–Trinajstić information content (AvgIpc) is 3.21. The maximum atomic E-state index is 13.0. The molecule has 0 aliphatic carbocycles. The van der Waals surface area contributed by atoms with Crippen LogP contribution in [-0.2, 0) is 17.7 Å². The van der Waals surface area contributed by atoms with Crippen LogP contribution in [0.1, 0.15) is 28.0 Å². The summed E-state index contributed by atoms with van der Waals surface area (Å²) in [7, 11) is 0. The molecule has 3 aromatic rings. The van der Waals surface area contributed by atoms with E-state index in [9.17, 15) is 14.7 Å². The third kappa shape index (κ3) is 4.01. The molecule has 2 aromatic carbocycles. The van der Waals surface area contributed by atoms with Gasteiger partial charge in [0.25, 0.3) is 5.56 Å². The first-order valence-corrected chi connectivity index (χ1v) is 11.5. The quantitative estimate of drug-likeness (QED) is 0.431. The Kier molecular flexibility index (Phi) is 5.86. The van der Waals surface area contributed by atoms with Crippen molar-refractivity contribution in [3.8, 4) is 17.1 Å². The van der Waals surface area contributed by atoms with Crippen LogP contribution in [0.15, 0.2) is 41.2 Å². The van der Waals surface area contributed by atoms with Gasteiger partial charge in [-0.05, 0) is 35.7 Å². The molecule has 2 aliphatic rings. The summed E-state index contributed by atoms with van der Waals surface area (Å²) < 4.78 is 6.90. The number of carbonyl (C=O) groups is 1. The van der Waals surface area contributed by atoms with Crippen LogP contribution in [0.3, 0.4) is 0 Å². The van der Waals surface area contributed by atoms with Crippen LogP contribution in [-0.4, -0.2) is 46.7 Å². The van der Waals surface area contributed by atoms with E-state index in [-0.39, 0.29) is 12.1 Å². The number of fused-ring (bicyclic) bond motifs is 3. The minimum Gasteiger partial charge on any atom is -0.501 e. The molecule has 2 aliphatic heterocycles. The second-order valence-electron chi connectivity index (χ2n) is 8.11. The van der Waals surface area contributed by atoms with Gasteiger partial charge in [0.15, 0.2) is 11.5 Å². The number of halogens is 2. The molecule has 0 bridgehead atoms. The lowest BCUT2D eigenvalue weighted by molar-refractivity contribution is 0.0974. The number of nitrogens with zero attached hydrogens (tertiary/aromatic N) is 3. The zero-order valence-corrected chi connectivity index (χ0v) is 19.2. The summed E-state index contributed by atoms with van der Waals surface area (Å²) in [4.78, 5) is 32.6. The maximum Gasteiger partial charge on any atom is 0.297 e. The molecule has 0 amide bonds. The van der Waals surface area contributed by atoms with Crippen molar-refractivity contribution in [3.05, 3.63) is 73.6 Å². The first kappa shape index (κ1) is 21.9. The number of aryl methyl sites for hydroxylation is 1. The van der Waals surface area contributed by atoms with Gasteiger partial charge >= 0.3 is 0 Å². The highest BCUT2D eigenvalue weighted by molar-refractivity contribution is 6.42. The van der Waals surface area contributed by atoms with E-state index in [1.165, 1.54) is 4.57 Å². The van der Waals surface area contributed by atoms with Crippen LogP contribution >= 0.6 is 23.2 Å². The Morgan fingerprint density at radius 3 is 2.67 bits per heavy atom. The summed E-state index contributed by atoms with van der Waals surface area (Å²) in [6, 6.07) is 11.0.